The highest BCUT2D eigenvalue weighted by molar-refractivity contribution is 5.95. The number of rotatable bonds is 5. The predicted molar refractivity (Wildman–Crippen MR) is 134 cm³/mol. The first-order chi connectivity index (χ1) is 16.0. The Labute approximate surface area is 199 Å². The van der Waals surface area contributed by atoms with Gasteiger partial charge in [0.1, 0.15) is 0 Å². The smallest absolute Gasteiger partial charge is 0.254 e. The van der Waals surface area contributed by atoms with Crippen LogP contribution in [0.25, 0.3) is 0 Å². The fourth-order valence-electron chi connectivity index (χ4n) is 6.33. The number of carbonyl (C=O) groups is 1. The van der Waals surface area contributed by atoms with Gasteiger partial charge in [-0.2, -0.15) is 0 Å². The third-order valence-corrected chi connectivity index (χ3v) is 8.10. The molecule has 33 heavy (non-hydrogen) atoms. The van der Waals surface area contributed by atoms with Crippen LogP contribution in [0.5, 0.6) is 0 Å². The van der Waals surface area contributed by atoms with Crippen LogP contribution in [0.1, 0.15) is 79.2 Å². The zero-order valence-corrected chi connectivity index (χ0v) is 20.5. The summed E-state index contributed by atoms with van der Waals surface area (Å²) in [7, 11) is 0. The minimum Gasteiger partial charge on any atom is -0.332 e. The quantitative estimate of drug-likeness (QED) is 0.686. The molecule has 4 heteroatoms. The first-order valence-corrected chi connectivity index (χ1v) is 13.0. The van der Waals surface area contributed by atoms with Gasteiger partial charge in [0, 0.05) is 37.3 Å². The highest BCUT2D eigenvalue weighted by atomic mass is 16.2. The lowest BCUT2D eigenvalue weighted by molar-refractivity contribution is 0.0550. The second-order valence-corrected chi connectivity index (χ2v) is 10.8. The summed E-state index contributed by atoms with van der Waals surface area (Å²) in [6, 6.07) is 18.2. The summed E-state index contributed by atoms with van der Waals surface area (Å²) >= 11 is 0. The minimum absolute atomic E-state index is 0.0558. The number of nitrogens with zero attached hydrogens (tertiary/aromatic N) is 2. The van der Waals surface area contributed by atoms with Crippen molar-refractivity contribution in [3.8, 4) is 0 Å². The maximum atomic E-state index is 13.8. The van der Waals surface area contributed by atoms with Gasteiger partial charge in [-0.15, -0.1) is 0 Å². The van der Waals surface area contributed by atoms with Gasteiger partial charge in [-0.3, -0.25) is 9.69 Å². The van der Waals surface area contributed by atoms with E-state index in [0.29, 0.717) is 18.0 Å². The number of hydrogen-bond donors (Lipinski definition) is 1. The van der Waals surface area contributed by atoms with E-state index in [1.807, 2.05) is 6.07 Å². The molecule has 1 N–H and O–H groups in total. The van der Waals surface area contributed by atoms with Gasteiger partial charge in [0.15, 0.2) is 0 Å². The van der Waals surface area contributed by atoms with Crippen molar-refractivity contribution in [1.82, 2.24) is 15.1 Å². The molecular formula is C29H39N3O. The Morgan fingerprint density at radius 3 is 2.76 bits per heavy atom. The van der Waals surface area contributed by atoms with Crippen molar-refractivity contribution in [2.75, 3.05) is 26.2 Å². The van der Waals surface area contributed by atoms with E-state index in [-0.39, 0.29) is 11.9 Å². The van der Waals surface area contributed by atoms with Crippen molar-refractivity contribution in [2.24, 2.45) is 11.8 Å². The van der Waals surface area contributed by atoms with Crippen molar-refractivity contribution >= 4 is 5.91 Å². The molecule has 2 fully saturated rings. The molecule has 0 spiro atoms. The molecule has 3 aliphatic heterocycles. The number of benzene rings is 2. The molecule has 0 saturated carbocycles. The second-order valence-electron chi connectivity index (χ2n) is 10.8. The Kier molecular flexibility index (Phi) is 6.58. The van der Waals surface area contributed by atoms with E-state index in [1.54, 1.807) is 0 Å². The average molecular weight is 446 g/mol. The summed E-state index contributed by atoms with van der Waals surface area (Å²) in [5, 5.41) is 3.79. The highest BCUT2D eigenvalue weighted by Crippen LogP contribution is 2.41. The lowest BCUT2D eigenvalue weighted by Gasteiger charge is -2.49. The molecule has 5 rings (SSSR count). The van der Waals surface area contributed by atoms with Gasteiger partial charge in [-0.25, -0.2) is 0 Å². The fourth-order valence-corrected chi connectivity index (χ4v) is 6.33. The van der Waals surface area contributed by atoms with E-state index in [0.717, 1.165) is 31.0 Å². The molecule has 3 heterocycles. The van der Waals surface area contributed by atoms with Crippen molar-refractivity contribution in [3.05, 3.63) is 70.8 Å². The number of fused-ring (bicyclic) bond motifs is 4. The molecule has 176 valence electrons. The summed E-state index contributed by atoms with van der Waals surface area (Å²) in [6.07, 6.45) is 4.94. The maximum absolute atomic E-state index is 13.8. The van der Waals surface area contributed by atoms with Crippen LogP contribution in [-0.4, -0.2) is 47.9 Å². The van der Waals surface area contributed by atoms with Crippen molar-refractivity contribution in [1.29, 1.82) is 0 Å². The van der Waals surface area contributed by atoms with Crippen LogP contribution in [0.3, 0.4) is 0 Å². The zero-order chi connectivity index (χ0) is 22.9. The molecule has 1 amide bonds. The second kappa shape index (κ2) is 9.60. The molecule has 4 atom stereocenters. The summed E-state index contributed by atoms with van der Waals surface area (Å²) in [5.41, 5.74) is 4.87. The third-order valence-electron chi connectivity index (χ3n) is 8.10. The molecule has 3 aliphatic rings. The summed E-state index contributed by atoms with van der Waals surface area (Å²) < 4.78 is 0. The first kappa shape index (κ1) is 22.6. The van der Waals surface area contributed by atoms with Gasteiger partial charge in [0.05, 0.1) is 6.04 Å². The number of piperidine rings is 2. The number of amides is 1. The van der Waals surface area contributed by atoms with Crippen molar-refractivity contribution in [3.63, 3.8) is 0 Å². The van der Waals surface area contributed by atoms with Gasteiger partial charge < -0.3 is 10.2 Å². The van der Waals surface area contributed by atoms with Crippen LogP contribution in [-0.2, 0) is 6.42 Å². The predicted octanol–water partition coefficient (Wildman–Crippen LogP) is 5.22. The van der Waals surface area contributed by atoms with Crippen LogP contribution >= 0.6 is 0 Å². The van der Waals surface area contributed by atoms with Gasteiger partial charge in [0.25, 0.3) is 5.91 Å². The Morgan fingerprint density at radius 2 is 1.97 bits per heavy atom. The average Bonchev–Trinajstić information content (AvgIpc) is 2.85. The Bertz CT molecular complexity index is 972. The number of hydrogen-bond acceptors (Lipinski definition) is 3. The largest absolute Gasteiger partial charge is 0.332 e. The maximum Gasteiger partial charge on any atom is 0.254 e. The van der Waals surface area contributed by atoms with E-state index in [4.69, 9.17) is 0 Å². The normalized spacial score (nSPS) is 25.6. The Hall–Kier alpha value is -2.17. The fraction of sp³-hybridized carbons (Fsp3) is 0.552. The van der Waals surface area contributed by atoms with E-state index in [9.17, 15) is 4.79 Å². The standard InChI is InChI=1S/C29H39N3O/c1-20(2)18-32(21(3)22-8-5-4-6-9-22)29(33)24-11-12-26-23(16-24)13-15-31-19-25-10-7-14-30-27(25)17-28(26)31/h4-6,8-9,11-12,16,20-21,25,27-28,30H,7,10,13-15,17-19H2,1-3H3/t21-,25+,27-,28-/m1/s1. The number of carbonyl (C=O) groups excluding carboxylic acids is 1. The van der Waals surface area contributed by atoms with Gasteiger partial charge in [-0.1, -0.05) is 50.2 Å². The van der Waals surface area contributed by atoms with Crippen LogP contribution in [0.4, 0.5) is 0 Å². The molecular weight excluding hydrogens is 406 g/mol. The van der Waals surface area contributed by atoms with Crippen LogP contribution in [0.2, 0.25) is 0 Å². The van der Waals surface area contributed by atoms with E-state index < -0.39 is 0 Å². The van der Waals surface area contributed by atoms with Crippen molar-refractivity contribution in [2.45, 2.75) is 64.6 Å². The lowest BCUT2D eigenvalue weighted by atomic mass is 9.77. The molecule has 0 unspecified atom stereocenters. The van der Waals surface area contributed by atoms with Crippen LogP contribution in [0, 0.1) is 11.8 Å². The molecule has 4 nitrogen and oxygen atoms in total. The lowest BCUT2D eigenvalue weighted by Crippen LogP contribution is -2.54. The third kappa shape index (κ3) is 4.61. The van der Waals surface area contributed by atoms with E-state index >= 15 is 0 Å². The van der Waals surface area contributed by atoms with Gasteiger partial charge in [0.2, 0.25) is 0 Å². The summed E-state index contributed by atoms with van der Waals surface area (Å²) in [5.74, 6) is 1.38. The molecule has 0 aliphatic carbocycles. The van der Waals surface area contributed by atoms with Gasteiger partial charge >= 0.3 is 0 Å². The van der Waals surface area contributed by atoms with Gasteiger partial charge in [-0.05, 0) is 79.8 Å². The van der Waals surface area contributed by atoms with Crippen LogP contribution < -0.4 is 5.32 Å². The molecule has 0 bridgehead atoms. The monoisotopic (exact) mass is 445 g/mol. The Balaban J connectivity index is 1.39. The van der Waals surface area contributed by atoms with Crippen LogP contribution in [0.15, 0.2) is 48.5 Å². The minimum atomic E-state index is 0.0558. The molecule has 2 aromatic carbocycles. The summed E-state index contributed by atoms with van der Waals surface area (Å²) in [4.78, 5) is 18.5. The Morgan fingerprint density at radius 1 is 1.15 bits per heavy atom. The van der Waals surface area contributed by atoms with Crippen molar-refractivity contribution < 1.29 is 4.79 Å². The van der Waals surface area contributed by atoms with E-state index in [2.05, 4.69) is 78.4 Å². The number of nitrogens with one attached hydrogen (secondary N) is 1. The highest BCUT2D eigenvalue weighted by Gasteiger charge is 2.39. The first-order valence-electron chi connectivity index (χ1n) is 13.0. The molecule has 2 saturated heterocycles. The summed E-state index contributed by atoms with van der Waals surface area (Å²) in [6.45, 7) is 10.8. The topological polar surface area (TPSA) is 35.6 Å². The SMILES string of the molecule is CC(C)CN(C(=O)c1ccc2c(c1)CCN1C[C@@H]3CCCN[C@@H]3C[C@H]21)[C@H](C)c1ccccc1. The van der Waals surface area contributed by atoms with E-state index in [1.165, 1.54) is 49.0 Å². The molecule has 0 radical (unpaired) electrons. The molecule has 2 aromatic rings. The molecule has 0 aromatic heterocycles. The zero-order valence-electron chi connectivity index (χ0n) is 20.5.